The Morgan fingerprint density at radius 2 is 1.91 bits per heavy atom. The molecule has 5 heteroatoms. The Hall–Kier alpha value is -0.910. The van der Waals surface area contributed by atoms with Gasteiger partial charge in [0.15, 0.2) is 0 Å². The van der Waals surface area contributed by atoms with Crippen molar-refractivity contribution in [2.75, 3.05) is 32.8 Å². The zero-order valence-electron chi connectivity index (χ0n) is 14.1. The predicted octanol–water partition coefficient (Wildman–Crippen LogP) is 2.15. The second-order valence-corrected chi connectivity index (χ2v) is 6.90. The molecule has 0 spiro atoms. The molecule has 1 aromatic rings. The van der Waals surface area contributed by atoms with Gasteiger partial charge in [-0.05, 0) is 26.7 Å². The molecule has 22 heavy (non-hydrogen) atoms. The number of aryl methyl sites for hydroxylation is 2. The molecule has 2 fully saturated rings. The monoisotopic (exact) mass is 306 g/mol. The Bertz CT molecular complexity index is 454. The molecule has 0 unspecified atom stereocenters. The van der Waals surface area contributed by atoms with E-state index in [1.165, 1.54) is 43.4 Å². The van der Waals surface area contributed by atoms with Gasteiger partial charge in [-0.25, -0.2) is 0 Å². The Morgan fingerprint density at radius 3 is 2.55 bits per heavy atom. The quantitative estimate of drug-likeness (QED) is 0.875. The standard InChI is InChI=1S/C17H30N4O/c1-14-16(15(2)20-19-14)12-18-13-17(6-4-3-5-7-17)21-8-10-22-11-9-21/h18H,3-13H2,1-2H3,(H,19,20). The second kappa shape index (κ2) is 7.11. The number of aromatic amines is 1. The number of H-pyrrole nitrogens is 1. The molecule has 1 aromatic heterocycles. The van der Waals surface area contributed by atoms with Crippen molar-refractivity contribution in [2.24, 2.45) is 0 Å². The molecule has 2 heterocycles. The Balaban J connectivity index is 1.62. The van der Waals surface area contributed by atoms with E-state index < -0.39 is 0 Å². The van der Waals surface area contributed by atoms with Crippen LogP contribution in [-0.2, 0) is 11.3 Å². The number of aromatic nitrogens is 2. The topological polar surface area (TPSA) is 53.2 Å². The molecule has 1 saturated heterocycles. The van der Waals surface area contributed by atoms with Crippen molar-refractivity contribution < 1.29 is 4.74 Å². The van der Waals surface area contributed by atoms with Crippen LogP contribution in [0.1, 0.15) is 49.1 Å². The van der Waals surface area contributed by atoms with Gasteiger partial charge in [0.1, 0.15) is 0 Å². The zero-order valence-corrected chi connectivity index (χ0v) is 14.1. The average molecular weight is 306 g/mol. The molecular formula is C17H30N4O. The lowest BCUT2D eigenvalue weighted by molar-refractivity contribution is -0.0369. The van der Waals surface area contributed by atoms with Crippen LogP contribution in [-0.4, -0.2) is 53.5 Å². The van der Waals surface area contributed by atoms with E-state index in [9.17, 15) is 0 Å². The van der Waals surface area contributed by atoms with E-state index in [1.54, 1.807) is 0 Å². The molecule has 3 rings (SSSR count). The van der Waals surface area contributed by atoms with Crippen LogP contribution in [0, 0.1) is 13.8 Å². The van der Waals surface area contributed by atoms with Gasteiger partial charge in [0.2, 0.25) is 0 Å². The highest BCUT2D eigenvalue weighted by Crippen LogP contribution is 2.34. The Morgan fingerprint density at radius 1 is 1.18 bits per heavy atom. The minimum absolute atomic E-state index is 0.341. The third-order valence-electron chi connectivity index (χ3n) is 5.50. The minimum Gasteiger partial charge on any atom is -0.379 e. The first-order valence-electron chi connectivity index (χ1n) is 8.75. The number of hydrogen-bond acceptors (Lipinski definition) is 4. The van der Waals surface area contributed by atoms with Crippen molar-refractivity contribution >= 4 is 0 Å². The molecule has 1 saturated carbocycles. The largest absolute Gasteiger partial charge is 0.379 e. The van der Waals surface area contributed by atoms with Crippen LogP contribution in [0.5, 0.6) is 0 Å². The van der Waals surface area contributed by atoms with Gasteiger partial charge < -0.3 is 10.1 Å². The maximum Gasteiger partial charge on any atom is 0.0638 e. The minimum atomic E-state index is 0.341. The normalized spacial score (nSPS) is 22.8. The molecule has 0 aromatic carbocycles. The number of rotatable bonds is 5. The first-order chi connectivity index (χ1) is 10.7. The van der Waals surface area contributed by atoms with Crippen molar-refractivity contribution in [1.82, 2.24) is 20.4 Å². The summed E-state index contributed by atoms with van der Waals surface area (Å²) in [7, 11) is 0. The van der Waals surface area contributed by atoms with E-state index in [4.69, 9.17) is 4.74 Å². The lowest BCUT2D eigenvalue weighted by atomic mass is 9.79. The summed E-state index contributed by atoms with van der Waals surface area (Å²) in [5.74, 6) is 0. The van der Waals surface area contributed by atoms with E-state index in [-0.39, 0.29) is 0 Å². The third kappa shape index (κ3) is 3.36. The van der Waals surface area contributed by atoms with Gasteiger partial charge in [0.25, 0.3) is 0 Å². The average Bonchev–Trinajstić information content (AvgIpc) is 2.88. The van der Waals surface area contributed by atoms with E-state index in [0.29, 0.717) is 5.54 Å². The summed E-state index contributed by atoms with van der Waals surface area (Å²) >= 11 is 0. The maximum absolute atomic E-state index is 5.56. The van der Waals surface area contributed by atoms with Gasteiger partial charge >= 0.3 is 0 Å². The van der Waals surface area contributed by atoms with Crippen LogP contribution in [0.4, 0.5) is 0 Å². The molecule has 2 aliphatic rings. The van der Waals surface area contributed by atoms with E-state index in [1.807, 2.05) is 0 Å². The number of nitrogens with one attached hydrogen (secondary N) is 2. The smallest absolute Gasteiger partial charge is 0.0638 e. The zero-order chi connectivity index (χ0) is 15.4. The highest BCUT2D eigenvalue weighted by molar-refractivity contribution is 5.22. The van der Waals surface area contributed by atoms with Gasteiger partial charge in [-0.15, -0.1) is 0 Å². The lowest BCUT2D eigenvalue weighted by Gasteiger charge is -2.48. The Kier molecular flexibility index (Phi) is 5.16. The first kappa shape index (κ1) is 16.0. The molecule has 1 aliphatic heterocycles. The SMILES string of the molecule is Cc1n[nH]c(C)c1CNCC1(N2CCOCC2)CCCCC1. The molecule has 2 N–H and O–H groups in total. The lowest BCUT2D eigenvalue weighted by Crippen LogP contribution is -2.59. The number of hydrogen-bond donors (Lipinski definition) is 2. The first-order valence-corrected chi connectivity index (χ1v) is 8.75. The Labute approximate surface area is 133 Å². The van der Waals surface area contributed by atoms with Crippen molar-refractivity contribution in [3.05, 3.63) is 17.0 Å². The van der Waals surface area contributed by atoms with Gasteiger partial charge in [0.05, 0.1) is 18.9 Å². The third-order valence-corrected chi connectivity index (χ3v) is 5.50. The van der Waals surface area contributed by atoms with Gasteiger partial charge in [-0.2, -0.15) is 5.10 Å². The molecule has 0 bridgehead atoms. The summed E-state index contributed by atoms with van der Waals surface area (Å²) in [5.41, 5.74) is 3.98. The summed E-state index contributed by atoms with van der Waals surface area (Å²) in [5, 5.41) is 11.1. The van der Waals surface area contributed by atoms with E-state index in [2.05, 4.69) is 34.3 Å². The molecule has 0 atom stereocenters. The van der Waals surface area contributed by atoms with Crippen LogP contribution in [0.2, 0.25) is 0 Å². The summed E-state index contributed by atoms with van der Waals surface area (Å²) in [6, 6.07) is 0. The van der Waals surface area contributed by atoms with Crippen LogP contribution in [0.3, 0.4) is 0 Å². The summed E-state index contributed by atoms with van der Waals surface area (Å²) < 4.78 is 5.56. The summed E-state index contributed by atoms with van der Waals surface area (Å²) in [6.07, 6.45) is 6.77. The fourth-order valence-electron chi connectivity index (χ4n) is 4.11. The van der Waals surface area contributed by atoms with Crippen molar-refractivity contribution in [3.8, 4) is 0 Å². The van der Waals surface area contributed by atoms with Crippen molar-refractivity contribution in [2.45, 2.75) is 58.0 Å². The molecule has 0 radical (unpaired) electrons. The molecule has 5 nitrogen and oxygen atoms in total. The fraction of sp³-hybridized carbons (Fsp3) is 0.824. The van der Waals surface area contributed by atoms with Crippen molar-refractivity contribution in [1.29, 1.82) is 0 Å². The maximum atomic E-state index is 5.56. The molecular weight excluding hydrogens is 276 g/mol. The summed E-state index contributed by atoms with van der Waals surface area (Å²) in [4.78, 5) is 2.69. The highest BCUT2D eigenvalue weighted by Gasteiger charge is 2.38. The van der Waals surface area contributed by atoms with Gasteiger partial charge in [-0.3, -0.25) is 10.00 Å². The van der Waals surface area contributed by atoms with Crippen LogP contribution < -0.4 is 5.32 Å². The highest BCUT2D eigenvalue weighted by atomic mass is 16.5. The molecule has 124 valence electrons. The fourth-order valence-corrected chi connectivity index (χ4v) is 4.11. The predicted molar refractivity (Wildman–Crippen MR) is 88.0 cm³/mol. The molecule has 1 aliphatic carbocycles. The number of morpholine rings is 1. The molecule has 0 amide bonds. The van der Waals surface area contributed by atoms with Crippen LogP contribution >= 0.6 is 0 Å². The van der Waals surface area contributed by atoms with Gasteiger partial charge in [-0.1, -0.05) is 19.3 Å². The number of ether oxygens (including phenoxy) is 1. The van der Waals surface area contributed by atoms with Gasteiger partial charge in [0, 0.05) is 43.0 Å². The van der Waals surface area contributed by atoms with E-state index in [0.717, 1.165) is 45.1 Å². The van der Waals surface area contributed by atoms with Crippen LogP contribution in [0.25, 0.3) is 0 Å². The van der Waals surface area contributed by atoms with E-state index >= 15 is 0 Å². The summed E-state index contributed by atoms with van der Waals surface area (Å²) in [6.45, 7) is 10.1. The van der Waals surface area contributed by atoms with Crippen molar-refractivity contribution in [3.63, 3.8) is 0 Å². The second-order valence-electron chi connectivity index (χ2n) is 6.90. The number of nitrogens with zero attached hydrogens (tertiary/aromatic N) is 2. The van der Waals surface area contributed by atoms with Crippen LogP contribution in [0.15, 0.2) is 0 Å².